The highest BCUT2D eigenvalue weighted by Crippen LogP contribution is 2.26. The van der Waals surface area contributed by atoms with Crippen molar-refractivity contribution in [1.29, 1.82) is 0 Å². The van der Waals surface area contributed by atoms with E-state index in [9.17, 15) is 9.90 Å². The van der Waals surface area contributed by atoms with Gasteiger partial charge in [-0.1, -0.05) is 0 Å². The second-order valence-corrected chi connectivity index (χ2v) is 6.78. The molecule has 23 heavy (non-hydrogen) atoms. The molecule has 5 nitrogen and oxygen atoms in total. The lowest BCUT2D eigenvalue weighted by atomic mass is 10.1. The molecule has 1 saturated heterocycles. The number of aliphatic hydroxyl groups is 1. The van der Waals surface area contributed by atoms with Crippen LogP contribution in [0, 0.1) is 0 Å². The van der Waals surface area contributed by atoms with Crippen molar-refractivity contribution in [1.82, 2.24) is 14.7 Å². The van der Waals surface area contributed by atoms with Gasteiger partial charge >= 0.3 is 0 Å². The van der Waals surface area contributed by atoms with Crippen LogP contribution in [0.1, 0.15) is 28.2 Å². The van der Waals surface area contributed by atoms with E-state index in [4.69, 9.17) is 0 Å². The number of ketones is 1. The number of nitrogens with zero attached hydrogens (tertiary/aromatic N) is 2. The Hall–Kier alpha value is -2.02. The van der Waals surface area contributed by atoms with Gasteiger partial charge in [0.05, 0.1) is 12.6 Å². The zero-order valence-corrected chi connectivity index (χ0v) is 13.3. The summed E-state index contributed by atoms with van der Waals surface area (Å²) in [5.41, 5.74) is 3.40. The summed E-state index contributed by atoms with van der Waals surface area (Å²) < 4.78 is 1.90. The van der Waals surface area contributed by atoms with Gasteiger partial charge in [0, 0.05) is 17.3 Å². The highest BCUT2D eigenvalue weighted by Gasteiger charge is 2.25. The van der Waals surface area contributed by atoms with E-state index in [0.29, 0.717) is 5.69 Å². The van der Waals surface area contributed by atoms with E-state index < -0.39 is 0 Å². The molecule has 0 aliphatic carbocycles. The number of nitrogens with one attached hydrogen (secondary N) is 1. The minimum Gasteiger partial charge on any atom is -0.391 e. The van der Waals surface area contributed by atoms with Gasteiger partial charge in [-0.2, -0.15) is 0 Å². The number of aliphatic hydroxyl groups excluding tert-OH is 1. The van der Waals surface area contributed by atoms with Crippen molar-refractivity contribution >= 4 is 22.8 Å². The summed E-state index contributed by atoms with van der Waals surface area (Å²) in [4.78, 5) is 17.8. The van der Waals surface area contributed by atoms with Crippen LogP contribution in [0.3, 0.4) is 0 Å². The molecular formula is C17H17N3O2S. The highest BCUT2D eigenvalue weighted by molar-refractivity contribution is 7.10. The van der Waals surface area contributed by atoms with Crippen LogP contribution in [-0.2, 0) is 6.61 Å². The Morgan fingerprint density at radius 3 is 3.04 bits per heavy atom. The van der Waals surface area contributed by atoms with Crippen molar-refractivity contribution < 1.29 is 9.90 Å². The lowest BCUT2D eigenvalue weighted by molar-refractivity contribution is 0.0948. The van der Waals surface area contributed by atoms with Gasteiger partial charge in [-0.25, -0.2) is 4.98 Å². The van der Waals surface area contributed by atoms with Crippen LogP contribution in [0.25, 0.3) is 16.8 Å². The lowest BCUT2D eigenvalue weighted by Crippen LogP contribution is -2.30. The molecule has 1 aliphatic heterocycles. The maximum Gasteiger partial charge on any atom is 0.199 e. The van der Waals surface area contributed by atoms with Gasteiger partial charge in [0.2, 0.25) is 0 Å². The number of Topliss-reactive ketones (excluding diaryl/α,β-unsaturated/α-hetero) is 1. The first-order valence-corrected chi connectivity index (χ1v) is 8.57. The first kappa shape index (κ1) is 14.6. The minimum atomic E-state index is -0.0941. The van der Waals surface area contributed by atoms with E-state index in [0.717, 1.165) is 41.0 Å². The van der Waals surface area contributed by atoms with Crippen LogP contribution in [0.4, 0.5) is 0 Å². The van der Waals surface area contributed by atoms with Crippen molar-refractivity contribution in [3.05, 3.63) is 46.5 Å². The molecule has 1 fully saturated rings. The summed E-state index contributed by atoms with van der Waals surface area (Å²) in [6.45, 7) is 0.963. The number of pyridine rings is 1. The molecular weight excluding hydrogens is 310 g/mol. The Balaban J connectivity index is 1.67. The average Bonchev–Trinajstić information content (AvgIpc) is 3.32. The maximum absolute atomic E-state index is 12.4. The standard InChI is InChI=1S/C17H17N3O2S/c21-9-13-6-12(10-23-13)11-3-4-16-19-15(8-20(16)7-11)17(22)14-2-1-5-18-14/h3-4,6-8,10,14,18,21H,1-2,5,9H2/t14-/m0/s1. The van der Waals surface area contributed by atoms with Gasteiger partial charge in [0.25, 0.3) is 0 Å². The fourth-order valence-corrected chi connectivity index (χ4v) is 3.74. The second-order valence-electron chi connectivity index (χ2n) is 5.78. The number of hydrogen-bond donors (Lipinski definition) is 2. The molecule has 118 valence electrons. The summed E-state index contributed by atoms with van der Waals surface area (Å²) in [6.07, 6.45) is 5.71. The Morgan fingerprint density at radius 1 is 1.39 bits per heavy atom. The third kappa shape index (κ3) is 2.69. The molecule has 0 radical (unpaired) electrons. The van der Waals surface area contributed by atoms with Gasteiger partial charge in [-0.05, 0) is 54.1 Å². The number of hydrogen-bond acceptors (Lipinski definition) is 5. The van der Waals surface area contributed by atoms with E-state index in [2.05, 4.69) is 10.3 Å². The normalized spacial score (nSPS) is 17.9. The van der Waals surface area contributed by atoms with E-state index in [-0.39, 0.29) is 18.4 Å². The zero-order valence-electron chi connectivity index (χ0n) is 12.5. The Kier molecular flexibility index (Phi) is 3.72. The average molecular weight is 327 g/mol. The van der Waals surface area contributed by atoms with Crippen molar-refractivity contribution in [2.45, 2.75) is 25.5 Å². The molecule has 3 aromatic heterocycles. The molecule has 0 aromatic carbocycles. The van der Waals surface area contributed by atoms with Crippen molar-refractivity contribution in [3.63, 3.8) is 0 Å². The number of rotatable bonds is 4. The molecule has 3 aromatic rings. The summed E-state index contributed by atoms with van der Waals surface area (Å²) in [7, 11) is 0. The van der Waals surface area contributed by atoms with Crippen molar-refractivity contribution in [2.75, 3.05) is 6.54 Å². The Bertz CT molecular complexity index is 862. The van der Waals surface area contributed by atoms with E-state index in [1.165, 1.54) is 11.3 Å². The van der Waals surface area contributed by atoms with Gasteiger partial charge in [-0.15, -0.1) is 11.3 Å². The fraction of sp³-hybridized carbons (Fsp3) is 0.294. The highest BCUT2D eigenvalue weighted by atomic mass is 32.1. The number of fused-ring (bicyclic) bond motifs is 1. The van der Waals surface area contributed by atoms with Gasteiger partial charge in [0.1, 0.15) is 11.3 Å². The molecule has 6 heteroatoms. The smallest absolute Gasteiger partial charge is 0.199 e. The predicted molar refractivity (Wildman–Crippen MR) is 89.8 cm³/mol. The first-order chi connectivity index (χ1) is 11.2. The third-order valence-corrected chi connectivity index (χ3v) is 5.14. The van der Waals surface area contributed by atoms with Crippen LogP contribution >= 0.6 is 11.3 Å². The molecule has 1 aliphatic rings. The fourth-order valence-electron chi connectivity index (χ4n) is 2.98. The topological polar surface area (TPSA) is 66.6 Å². The predicted octanol–water partition coefficient (Wildman–Crippen LogP) is 2.49. The molecule has 0 spiro atoms. The summed E-state index contributed by atoms with van der Waals surface area (Å²) >= 11 is 1.54. The van der Waals surface area contributed by atoms with Crippen LogP contribution in [0.2, 0.25) is 0 Å². The van der Waals surface area contributed by atoms with Crippen LogP contribution in [0.5, 0.6) is 0 Å². The van der Waals surface area contributed by atoms with Crippen LogP contribution in [0.15, 0.2) is 36.0 Å². The van der Waals surface area contributed by atoms with Crippen LogP contribution < -0.4 is 5.32 Å². The SMILES string of the molecule is O=C(c1cn2cc(-c3csc(CO)c3)ccc2n1)[C@@H]1CCCN1. The third-order valence-electron chi connectivity index (χ3n) is 4.22. The summed E-state index contributed by atoms with van der Waals surface area (Å²) in [5, 5.41) is 14.4. The maximum atomic E-state index is 12.4. The quantitative estimate of drug-likeness (QED) is 0.723. The molecule has 0 bridgehead atoms. The van der Waals surface area contributed by atoms with Crippen molar-refractivity contribution in [3.8, 4) is 11.1 Å². The number of carbonyl (C=O) groups is 1. The molecule has 1 atom stereocenters. The van der Waals surface area contributed by atoms with Crippen molar-refractivity contribution in [2.24, 2.45) is 0 Å². The number of imidazole rings is 1. The minimum absolute atomic E-state index is 0.0605. The molecule has 0 saturated carbocycles. The molecule has 0 amide bonds. The molecule has 0 unspecified atom stereocenters. The summed E-state index contributed by atoms with van der Waals surface area (Å²) in [5.74, 6) is 0.0749. The largest absolute Gasteiger partial charge is 0.391 e. The number of thiophene rings is 1. The van der Waals surface area contributed by atoms with Gasteiger partial charge < -0.3 is 14.8 Å². The number of aromatic nitrogens is 2. The Morgan fingerprint density at radius 2 is 2.30 bits per heavy atom. The summed E-state index contributed by atoms with van der Waals surface area (Å²) in [6, 6.07) is 5.80. The molecule has 4 rings (SSSR count). The van der Waals surface area contributed by atoms with E-state index in [1.54, 1.807) is 6.20 Å². The molecule has 4 heterocycles. The van der Waals surface area contributed by atoms with Crippen LogP contribution in [-0.4, -0.2) is 32.9 Å². The number of carbonyl (C=O) groups excluding carboxylic acids is 1. The second kappa shape index (κ2) is 5.88. The first-order valence-electron chi connectivity index (χ1n) is 7.69. The van der Waals surface area contributed by atoms with E-state index >= 15 is 0 Å². The Labute approximate surface area is 137 Å². The molecule has 2 N–H and O–H groups in total. The van der Waals surface area contributed by atoms with Gasteiger partial charge in [0.15, 0.2) is 5.78 Å². The monoisotopic (exact) mass is 327 g/mol. The van der Waals surface area contributed by atoms with E-state index in [1.807, 2.05) is 34.2 Å². The zero-order chi connectivity index (χ0) is 15.8. The lowest BCUT2D eigenvalue weighted by Gasteiger charge is -2.05. The van der Waals surface area contributed by atoms with Gasteiger partial charge in [-0.3, -0.25) is 4.79 Å².